The molecule has 3 heteroatoms. The first-order valence-electron chi connectivity index (χ1n) is 7.29. The molecule has 2 N–H and O–H groups in total. The van der Waals surface area contributed by atoms with Crippen LogP contribution in [0.15, 0.2) is 48.2 Å². The minimum atomic E-state index is 0.777. The summed E-state index contributed by atoms with van der Waals surface area (Å²) in [6.07, 6.45) is 4.65. The van der Waals surface area contributed by atoms with Crippen molar-refractivity contribution in [1.29, 1.82) is 0 Å². The molecule has 2 aromatic rings. The molecule has 0 spiro atoms. The van der Waals surface area contributed by atoms with Gasteiger partial charge in [-0.1, -0.05) is 37.2 Å². The topological polar surface area (TPSA) is 24.1 Å². The fourth-order valence-electron chi connectivity index (χ4n) is 2.68. The molecule has 1 aliphatic rings. The molecule has 0 unspecified atom stereocenters. The number of fused-ring (bicyclic) bond motifs is 1. The summed E-state index contributed by atoms with van der Waals surface area (Å²) in [6.45, 7) is 2.04. The molecule has 1 fully saturated rings. The van der Waals surface area contributed by atoms with E-state index in [-0.39, 0.29) is 0 Å². The van der Waals surface area contributed by atoms with Gasteiger partial charge in [0, 0.05) is 24.3 Å². The van der Waals surface area contributed by atoms with Crippen LogP contribution in [0.4, 0.5) is 5.69 Å². The summed E-state index contributed by atoms with van der Waals surface area (Å²) >= 11 is 0. The van der Waals surface area contributed by atoms with E-state index in [0.29, 0.717) is 0 Å². The van der Waals surface area contributed by atoms with Gasteiger partial charge < -0.3 is 10.6 Å². The van der Waals surface area contributed by atoms with Crippen molar-refractivity contribution in [3.63, 3.8) is 0 Å². The summed E-state index contributed by atoms with van der Waals surface area (Å²) in [4.78, 5) is 0. The van der Waals surface area contributed by atoms with Crippen LogP contribution in [0.3, 0.4) is 0 Å². The molecule has 0 aromatic heterocycles. The van der Waals surface area contributed by atoms with Gasteiger partial charge in [-0.15, -0.1) is 0 Å². The largest absolute Gasteiger partial charge is 0.393 e. The van der Waals surface area contributed by atoms with Crippen LogP contribution < -0.4 is 10.6 Å². The van der Waals surface area contributed by atoms with Crippen molar-refractivity contribution in [1.82, 2.24) is 5.32 Å². The van der Waals surface area contributed by atoms with E-state index in [1.54, 1.807) is 0 Å². The Morgan fingerprint density at radius 1 is 1.15 bits per heavy atom. The maximum atomic E-state index is 3.50. The van der Waals surface area contributed by atoms with Gasteiger partial charge >= 0.3 is 0 Å². The zero-order chi connectivity index (χ0) is 13.9. The summed E-state index contributed by atoms with van der Waals surface area (Å²) in [7, 11) is 3.99. The lowest BCUT2D eigenvalue weighted by atomic mass is 9.78. The van der Waals surface area contributed by atoms with E-state index in [9.17, 15) is 0 Å². The maximum Gasteiger partial charge on any atom is 0.173 e. The molecule has 2 aromatic carbocycles. The first kappa shape index (κ1) is 13.1. The monoisotopic (exact) mass is 263 g/mol. The van der Waals surface area contributed by atoms with Gasteiger partial charge in [0.05, 0.1) is 0 Å². The lowest BCUT2D eigenvalue weighted by Gasteiger charge is -2.14. The van der Waals surface area contributed by atoms with Gasteiger partial charge in [-0.2, -0.15) is 0 Å². The van der Waals surface area contributed by atoms with Crippen LogP contribution in [-0.4, -0.2) is 14.3 Å². The molecule has 0 saturated heterocycles. The third-order valence-electron chi connectivity index (χ3n) is 3.86. The van der Waals surface area contributed by atoms with Crippen LogP contribution in [0, 0.1) is 0 Å². The molecule has 20 heavy (non-hydrogen) atoms. The summed E-state index contributed by atoms with van der Waals surface area (Å²) in [5.74, 6) is 0.777. The van der Waals surface area contributed by atoms with Gasteiger partial charge in [0.25, 0.3) is 0 Å². The Kier molecular flexibility index (Phi) is 3.68. The molecule has 0 atom stereocenters. The van der Waals surface area contributed by atoms with E-state index in [0.717, 1.165) is 11.5 Å². The lowest BCUT2D eigenvalue weighted by Crippen LogP contribution is -2.09. The average molecular weight is 263 g/mol. The van der Waals surface area contributed by atoms with E-state index < -0.39 is 0 Å². The molecular formula is C17H20BN2. The SMILES string of the molecule is C[B]/C(=C/NC)Nc1ccc(C2CC2)c2ccccc12. The molecule has 1 aliphatic carbocycles. The van der Waals surface area contributed by atoms with Gasteiger partial charge in [-0.25, -0.2) is 0 Å². The van der Waals surface area contributed by atoms with E-state index in [1.165, 1.54) is 34.9 Å². The summed E-state index contributed by atoms with van der Waals surface area (Å²) in [5, 5.41) is 9.27. The fourth-order valence-corrected chi connectivity index (χ4v) is 2.68. The van der Waals surface area contributed by atoms with Crippen molar-refractivity contribution in [3.05, 3.63) is 53.8 Å². The van der Waals surface area contributed by atoms with Crippen LogP contribution in [0.1, 0.15) is 24.3 Å². The van der Waals surface area contributed by atoms with Crippen LogP contribution in [0.5, 0.6) is 0 Å². The minimum Gasteiger partial charge on any atom is -0.393 e. The molecule has 101 valence electrons. The highest BCUT2D eigenvalue weighted by Crippen LogP contribution is 2.44. The second-order valence-electron chi connectivity index (χ2n) is 5.32. The fraction of sp³-hybridized carbons (Fsp3) is 0.294. The van der Waals surface area contributed by atoms with E-state index in [4.69, 9.17) is 0 Å². The number of nitrogens with one attached hydrogen (secondary N) is 2. The summed E-state index contributed by atoms with van der Waals surface area (Å²) in [6, 6.07) is 13.2. The third kappa shape index (κ3) is 2.53. The van der Waals surface area contributed by atoms with Crippen molar-refractivity contribution >= 4 is 23.7 Å². The van der Waals surface area contributed by atoms with E-state index in [2.05, 4.69) is 54.3 Å². The highest BCUT2D eigenvalue weighted by Gasteiger charge is 2.25. The average Bonchev–Trinajstić information content (AvgIpc) is 3.31. The van der Waals surface area contributed by atoms with Crippen LogP contribution in [-0.2, 0) is 0 Å². The molecule has 0 amide bonds. The van der Waals surface area contributed by atoms with Crippen LogP contribution in [0.2, 0.25) is 6.82 Å². The van der Waals surface area contributed by atoms with Crippen LogP contribution in [0.25, 0.3) is 10.8 Å². The number of benzene rings is 2. The molecular weight excluding hydrogens is 243 g/mol. The van der Waals surface area contributed by atoms with Crippen molar-refractivity contribution < 1.29 is 0 Å². The van der Waals surface area contributed by atoms with Gasteiger partial charge in [0.1, 0.15) is 0 Å². The number of hydrogen-bond acceptors (Lipinski definition) is 2. The van der Waals surface area contributed by atoms with E-state index >= 15 is 0 Å². The molecule has 1 saturated carbocycles. The number of anilines is 1. The predicted molar refractivity (Wildman–Crippen MR) is 88.3 cm³/mol. The molecule has 0 heterocycles. The lowest BCUT2D eigenvalue weighted by molar-refractivity contribution is 1.09. The standard InChI is InChI=1S/C17H20BN2/c1-18-17(11-19-2)20-16-10-9-13(12-7-8-12)14-5-3-4-6-15(14)16/h3-6,9-12,19-20H,7-8H2,1-2H3/b17-11-. The zero-order valence-electron chi connectivity index (χ0n) is 12.1. The smallest absolute Gasteiger partial charge is 0.173 e. The van der Waals surface area contributed by atoms with Gasteiger partial charge in [0.2, 0.25) is 0 Å². The minimum absolute atomic E-state index is 0.777. The summed E-state index contributed by atoms with van der Waals surface area (Å²) < 4.78 is 0. The third-order valence-corrected chi connectivity index (χ3v) is 3.86. The summed E-state index contributed by atoms with van der Waals surface area (Å²) in [5.41, 5.74) is 3.76. The second kappa shape index (κ2) is 5.62. The Morgan fingerprint density at radius 3 is 2.55 bits per heavy atom. The molecule has 2 nitrogen and oxygen atoms in total. The van der Waals surface area contributed by atoms with Crippen molar-refractivity contribution in [2.24, 2.45) is 0 Å². The first-order valence-corrected chi connectivity index (χ1v) is 7.29. The zero-order valence-corrected chi connectivity index (χ0v) is 12.1. The van der Waals surface area contributed by atoms with Crippen molar-refractivity contribution in [3.8, 4) is 0 Å². The predicted octanol–water partition coefficient (Wildman–Crippen LogP) is 3.90. The highest BCUT2D eigenvalue weighted by molar-refractivity contribution is 6.44. The second-order valence-corrected chi connectivity index (χ2v) is 5.32. The Hall–Kier alpha value is -1.90. The number of hydrogen-bond donors (Lipinski definition) is 2. The maximum absolute atomic E-state index is 3.50. The molecule has 0 aliphatic heterocycles. The van der Waals surface area contributed by atoms with Gasteiger partial charge in [-0.3, -0.25) is 0 Å². The molecule has 1 radical (unpaired) electrons. The molecule has 3 rings (SSSR count). The quantitative estimate of drug-likeness (QED) is 0.799. The highest BCUT2D eigenvalue weighted by atomic mass is 14.9. The Morgan fingerprint density at radius 2 is 1.90 bits per heavy atom. The number of rotatable bonds is 5. The van der Waals surface area contributed by atoms with Crippen molar-refractivity contribution in [2.45, 2.75) is 25.6 Å². The Balaban J connectivity index is 2.03. The Bertz CT molecular complexity index is 644. The van der Waals surface area contributed by atoms with Gasteiger partial charge in [-0.05, 0) is 41.4 Å². The first-order chi connectivity index (χ1) is 9.83. The van der Waals surface area contributed by atoms with Crippen LogP contribution >= 0.6 is 0 Å². The molecule has 0 bridgehead atoms. The van der Waals surface area contributed by atoms with E-state index in [1.807, 2.05) is 20.1 Å². The Labute approximate surface area is 121 Å². The van der Waals surface area contributed by atoms with Crippen molar-refractivity contribution in [2.75, 3.05) is 12.4 Å². The van der Waals surface area contributed by atoms with Gasteiger partial charge in [0.15, 0.2) is 7.28 Å². The normalized spacial score (nSPS) is 15.2.